The van der Waals surface area contributed by atoms with Crippen LogP contribution >= 0.6 is 125 Å². The number of anilines is 7. The summed E-state index contributed by atoms with van der Waals surface area (Å²) in [6.45, 7) is 25.0. The number of alkyl halides is 2. The lowest BCUT2D eigenvalue weighted by Crippen LogP contribution is -2.51. The number of rotatable bonds is 18. The number of hydrogen-bond acceptors (Lipinski definition) is 16. The van der Waals surface area contributed by atoms with Gasteiger partial charge in [-0.05, 0) is 209 Å². The van der Waals surface area contributed by atoms with Crippen LogP contribution in [-0.4, -0.2) is 229 Å². The first-order valence-electron chi connectivity index (χ1n) is 40.2. The van der Waals surface area contributed by atoms with Crippen LogP contribution in [0.2, 0.25) is 35.3 Å². The summed E-state index contributed by atoms with van der Waals surface area (Å²) in [6.07, 6.45) is 9.00. The number of benzene rings is 6. The summed E-state index contributed by atoms with van der Waals surface area (Å²) in [4.78, 5) is 88.0. The number of amides is 8. The van der Waals surface area contributed by atoms with Gasteiger partial charge in [0.25, 0.3) is 0 Å². The van der Waals surface area contributed by atoms with Gasteiger partial charge in [0.15, 0.2) is 10.8 Å². The molecule has 0 radical (unpaired) electrons. The molecule has 0 aliphatic carbocycles. The normalized spacial score (nSPS) is 18.5. The summed E-state index contributed by atoms with van der Waals surface area (Å²) >= 11 is 48.3. The van der Waals surface area contributed by atoms with E-state index in [1.165, 1.54) is 0 Å². The Bertz CT molecular complexity index is 4440. The van der Waals surface area contributed by atoms with Gasteiger partial charge in [-0.25, -0.2) is 33.9 Å². The topological polar surface area (TPSA) is 243 Å². The zero-order valence-electron chi connectivity index (χ0n) is 68.6. The highest BCUT2D eigenvalue weighted by molar-refractivity contribution is 9.09. The lowest BCUT2D eigenvalue weighted by atomic mass is 10.0. The molecule has 7 aliphatic heterocycles. The minimum atomic E-state index is -0.517. The molecule has 0 spiro atoms. The maximum Gasteiger partial charge on any atom is 0.410 e. The second kappa shape index (κ2) is 49.2. The number of carbonyl (C=O) groups is 5. The van der Waals surface area contributed by atoms with Crippen LogP contribution in [0.15, 0.2) is 152 Å². The summed E-state index contributed by atoms with van der Waals surface area (Å²) in [6, 6.07) is 48.0. The van der Waals surface area contributed by atoms with Gasteiger partial charge >= 0.3 is 30.3 Å². The molecule has 6 aromatic carbocycles. The number of ether oxygens (including phenoxy) is 2. The molecule has 7 fully saturated rings. The molecule has 8 heterocycles. The predicted molar refractivity (Wildman–Crippen MR) is 500 cm³/mol. The molecule has 7 saturated heterocycles. The molecule has 120 heavy (non-hydrogen) atoms. The standard InChI is InChI=1S/C19H18Cl2N6O.C19H26ClN3O3.C18H28ClN3O2.C14H18ClN3O.2C8H9BrClN.ClH/c20-13-3-1-4-14(9-13)26-7-8-27(19(26)28)15-5-2-6-25(12-15)17-11-23-16(10-22)18(21)24-17;1-19(2,3)26-18(25)21-9-5-8-16(13-21)23-11-10-22(17(23)24)15-7-4-6-14(20)12-15;1-18(2,3)24-17(23)22-11-5-8-16(13-22)21-10-9-20-15-7-4-6-14(19)12-15;15-11-3-1-4-12(9-11)17-7-8-18(14(17)19)13-5-2-6-16-10-13;2*9-4-5-11-8-3-1-2-7(10)6-8;/h1,3-4,9,11,15H,2,5-8,12H2;4,6-7,12,16H,5,8-11,13H2,1-3H3;4,6-7,12,16,20-21H,5,8-11,13H2,1-3H3;1,3-4,9,13,16H,2,5-8,10H2;2*1-3,6,11H,4-5H2;1H/t15-;2*16-;13-;;;/m1111.../s1. The Morgan fingerprint density at radius 1 is 0.492 bits per heavy atom. The molecule has 1 aromatic heterocycles. The maximum absolute atomic E-state index is 13.0. The second-order valence-electron chi connectivity index (χ2n) is 31.2. The van der Waals surface area contributed by atoms with Crippen LogP contribution in [0.3, 0.4) is 0 Å². The summed E-state index contributed by atoms with van der Waals surface area (Å²) in [7, 11) is 0. The van der Waals surface area contributed by atoms with Gasteiger partial charge in [-0.2, -0.15) is 5.26 Å². The molecular weight excluding hydrogens is 1830 g/mol. The van der Waals surface area contributed by atoms with Crippen molar-refractivity contribution in [3.05, 3.63) is 193 Å². The van der Waals surface area contributed by atoms with Crippen LogP contribution in [0.5, 0.6) is 0 Å². The molecule has 34 heteroatoms. The summed E-state index contributed by atoms with van der Waals surface area (Å²) in [5.41, 5.74) is 4.82. The number of halogens is 10. The lowest BCUT2D eigenvalue weighted by molar-refractivity contribution is 0.0142. The van der Waals surface area contributed by atoms with Gasteiger partial charge in [-0.3, -0.25) is 14.7 Å². The molecular formula is C86H109Br2Cl8N17O7. The number of piperidine rings is 4. The first-order chi connectivity index (χ1) is 57.0. The van der Waals surface area contributed by atoms with Gasteiger partial charge in [0, 0.05) is 198 Å². The molecule has 4 atom stereocenters. The Balaban J connectivity index is 0.000000184. The van der Waals surface area contributed by atoms with Crippen LogP contribution in [0.4, 0.5) is 63.9 Å². The van der Waals surface area contributed by atoms with Crippen molar-refractivity contribution in [3.63, 3.8) is 0 Å². The Kier molecular flexibility index (Phi) is 40.2. The minimum Gasteiger partial charge on any atom is -0.444 e. The molecule has 0 unspecified atom stereocenters. The number of nitrogens with one attached hydrogen (secondary N) is 5. The van der Waals surface area contributed by atoms with Crippen LogP contribution in [-0.2, 0) is 9.47 Å². The van der Waals surface area contributed by atoms with Crippen molar-refractivity contribution in [3.8, 4) is 6.07 Å². The predicted octanol–water partition coefficient (Wildman–Crippen LogP) is 20.3. The summed E-state index contributed by atoms with van der Waals surface area (Å²) in [5, 5.41) is 31.7. The molecule has 0 saturated carbocycles. The van der Waals surface area contributed by atoms with E-state index in [0.29, 0.717) is 85.3 Å². The van der Waals surface area contributed by atoms with Crippen molar-refractivity contribution in [1.82, 2.24) is 45.1 Å². The molecule has 5 N–H and O–H groups in total. The average Bonchev–Trinajstić information content (AvgIpc) is 1.62. The van der Waals surface area contributed by atoms with Gasteiger partial charge in [0.1, 0.15) is 23.1 Å². The Labute approximate surface area is 764 Å². The van der Waals surface area contributed by atoms with Crippen LogP contribution in [0.25, 0.3) is 0 Å². The zero-order valence-corrected chi connectivity index (χ0v) is 77.9. The highest BCUT2D eigenvalue weighted by Gasteiger charge is 2.41. The third-order valence-corrected chi connectivity index (χ3v) is 22.4. The van der Waals surface area contributed by atoms with Crippen molar-refractivity contribution in [1.29, 1.82) is 5.26 Å². The number of carbonyl (C=O) groups excluding carboxylic acids is 5. The van der Waals surface area contributed by atoms with E-state index >= 15 is 0 Å². The van der Waals surface area contributed by atoms with Crippen molar-refractivity contribution in [2.75, 3.05) is 164 Å². The smallest absolute Gasteiger partial charge is 0.410 e. The third kappa shape index (κ3) is 31.5. The van der Waals surface area contributed by atoms with Crippen molar-refractivity contribution in [2.45, 2.75) is 128 Å². The molecule has 7 aliphatic rings. The van der Waals surface area contributed by atoms with Crippen molar-refractivity contribution in [2.24, 2.45) is 0 Å². The third-order valence-electron chi connectivity index (χ3n) is 19.9. The molecule has 24 nitrogen and oxygen atoms in total. The van der Waals surface area contributed by atoms with E-state index in [4.69, 9.17) is 95.9 Å². The van der Waals surface area contributed by atoms with E-state index in [9.17, 15) is 24.0 Å². The number of nitrogens with zero attached hydrogens (tertiary/aromatic N) is 12. The fraction of sp³-hybridized carbons (Fsp3) is 0.465. The zero-order chi connectivity index (χ0) is 85.6. The van der Waals surface area contributed by atoms with Gasteiger partial charge < -0.3 is 65.5 Å². The molecule has 0 bridgehead atoms. The first-order valence-corrected chi connectivity index (χ1v) is 45.1. The Morgan fingerprint density at radius 2 is 0.883 bits per heavy atom. The number of urea groups is 3. The molecule has 8 amide bonds. The van der Waals surface area contributed by atoms with E-state index in [0.717, 1.165) is 177 Å². The van der Waals surface area contributed by atoms with Crippen LogP contribution in [0.1, 0.15) is 98.6 Å². The fourth-order valence-electron chi connectivity index (χ4n) is 14.4. The lowest BCUT2D eigenvalue weighted by Gasteiger charge is -2.37. The number of likely N-dealkylation sites (tertiary alicyclic amines) is 2. The van der Waals surface area contributed by atoms with E-state index in [2.05, 4.69) is 73.3 Å². The van der Waals surface area contributed by atoms with Crippen molar-refractivity contribution >= 4 is 196 Å². The number of hydrogen-bond donors (Lipinski definition) is 5. The number of nitriles is 1. The SMILES string of the molecule is CC(C)(C)OC(=O)N1CCC[C@@H](N2CCN(c3cccc(Cl)c3)C2=O)C1.CC(C)(C)OC(=O)N1CCC[C@@H](NCCNc2cccc(Cl)c2)C1.Cl.Clc1cccc(NCCBr)c1.Clc1cccc(NCCBr)c1.N#Cc1ncc(N2CCC[C@@H](N3CCN(c4cccc(Cl)c4)C3=O)C2)nc1Cl.O=C1N(c2cccc(Cl)c2)CCN1[C@@H]1CCCNC1. The van der Waals surface area contributed by atoms with Gasteiger partial charge in [-0.1, -0.05) is 149 Å². The second-order valence-corrected chi connectivity index (χ2v) is 35.7. The highest BCUT2D eigenvalue weighted by Crippen LogP contribution is 2.33. The summed E-state index contributed by atoms with van der Waals surface area (Å²) in [5.74, 6) is 0.632. The van der Waals surface area contributed by atoms with Crippen LogP contribution in [0, 0.1) is 11.3 Å². The molecule has 14 rings (SSSR count). The monoisotopic (exact) mass is 1930 g/mol. The largest absolute Gasteiger partial charge is 0.444 e. The average molecular weight is 1940 g/mol. The van der Waals surface area contributed by atoms with Gasteiger partial charge in [0.2, 0.25) is 0 Å². The molecule has 7 aromatic rings. The van der Waals surface area contributed by atoms with Crippen molar-refractivity contribution < 1.29 is 33.4 Å². The van der Waals surface area contributed by atoms with E-state index in [-0.39, 0.29) is 65.6 Å². The fourth-order valence-corrected chi connectivity index (χ4v) is 16.1. The Hall–Kier alpha value is -7.36. The van der Waals surface area contributed by atoms with Gasteiger partial charge in [0.05, 0.1) is 18.3 Å². The quantitative estimate of drug-likeness (QED) is 0.0396. The Morgan fingerprint density at radius 3 is 1.28 bits per heavy atom. The van der Waals surface area contributed by atoms with E-state index in [1.54, 1.807) is 44.0 Å². The minimum absolute atomic E-state index is 0. The number of aromatic nitrogens is 2. The maximum atomic E-state index is 13.0. The van der Waals surface area contributed by atoms with Gasteiger partial charge in [-0.15, -0.1) is 12.4 Å². The highest BCUT2D eigenvalue weighted by atomic mass is 79.9. The van der Waals surface area contributed by atoms with E-state index < -0.39 is 11.2 Å². The van der Waals surface area contributed by atoms with Crippen LogP contribution < -0.4 is 46.2 Å². The molecule has 650 valence electrons. The summed E-state index contributed by atoms with van der Waals surface area (Å²) < 4.78 is 10.9. The first kappa shape index (κ1) is 98.1. The van der Waals surface area contributed by atoms with E-state index in [1.807, 2.05) is 195 Å².